The van der Waals surface area contributed by atoms with Crippen LogP contribution >= 0.6 is 23.1 Å². The lowest BCUT2D eigenvalue weighted by Crippen LogP contribution is -2.50. The van der Waals surface area contributed by atoms with E-state index in [1.807, 2.05) is 11.3 Å². The van der Waals surface area contributed by atoms with Crippen LogP contribution < -0.4 is 0 Å². The number of rotatable bonds is 3. The van der Waals surface area contributed by atoms with E-state index in [1.165, 1.54) is 15.3 Å². The Bertz CT molecular complexity index is 653. The van der Waals surface area contributed by atoms with E-state index in [-0.39, 0.29) is 5.25 Å². The van der Waals surface area contributed by atoms with Crippen LogP contribution in [-0.4, -0.2) is 47.1 Å². The highest BCUT2D eigenvalue weighted by Crippen LogP contribution is 2.37. The molecule has 23 heavy (non-hydrogen) atoms. The number of nitrogens with zero attached hydrogens (tertiary/aromatic N) is 2. The third kappa shape index (κ3) is 3.32. The van der Waals surface area contributed by atoms with Crippen molar-refractivity contribution in [2.24, 2.45) is 0 Å². The topological polar surface area (TPSA) is 23.6 Å². The van der Waals surface area contributed by atoms with Crippen LogP contribution in [0.15, 0.2) is 46.7 Å². The van der Waals surface area contributed by atoms with Crippen LogP contribution in [0.1, 0.15) is 10.4 Å². The van der Waals surface area contributed by atoms with Gasteiger partial charge in [-0.1, -0.05) is 24.3 Å². The Morgan fingerprint density at radius 1 is 1.09 bits per heavy atom. The maximum atomic E-state index is 12.8. The maximum Gasteiger partial charge on any atom is 0.236 e. The Labute approximate surface area is 145 Å². The van der Waals surface area contributed by atoms with Gasteiger partial charge >= 0.3 is 0 Å². The van der Waals surface area contributed by atoms with E-state index >= 15 is 0 Å². The van der Waals surface area contributed by atoms with Crippen molar-refractivity contribution in [3.05, 3.63) is 52.2 Å². The summed E-state index contributed by atoms with van der Waals surface area (Å²) in [4.78, 5) is 20.0. The van der Waals surface area contributed by atoms with Gasteiger partial charge in [-0.05, 0) is 29.5 Å². The average molecular weight is 345 g/mol. The normalized spacial score (nSPS) is 21.4. The van der Waals surface area contributed by atoms with E-state index in [4.69, 9.17) is 0 Å². The molecule has 2 aliphatic rings. The molecule has 1 saturated heterocycles. The van der Waals surface area contributed by atoms with Crippen LogP contribution in [-0.2, 0) is 17.8 Å². The van der Waals surface area contributed by atoms with Crippen LogP contribution in [0.5, 0.6) is 0 Å². The molecule has 0 radical (unpaired) electrons. The number of thiophene rings is 1. The SMILES string of the molecule is O=C([C@@H]1Cc2ccccc2S1)N1CCN(Cc2cccs2)CC1. The summed E-state index contributed by atoms with van der Waals surface area (Å²) >= 11 is 3.55. The second-order valence-corrected chi connectivity index (χ2v) is 8.38. The molecule has 0 bridgehead atoms. The van der Waals surface area contributed by atoms with Gasteiger partial charge in [0.25, 0.3) is 0 Å². The minimum atomic E-state index is 0.0799. The van der Waals surface area contributed by atoms with Gasteiger partial charge in [0.05, 0.1) is 5.25 Å². The molecule has 1 amide bonds. The summed E-state index contributed by atoms with van der Waals surface area (Å²) in [6.45, 7) is 4.69. The molecule has 0 N–H and O–H groups in total. The number of piperazine rings is 1. The molecule has 5 heteroatoms. The first-order valence-electron chi connectivity index (χ1n) is 8.08. The standard InChI is InChI=1S/C18H20N2OS2/c21-18(17-12-14-4-1-2-6-16(14)23-17)20-9-7-19(8-10-20)13-15-5-3-11-22-15/h1-6,11,17H,7-10,12-13H2/t17-/m0/s1. The van der Waals surface area contributed by atoms with E-state index < -0.39 is 0 Å². The molecule has 1 aromatic heterocycles. The third-order valence-electron chi connectivity index (χ3n) is 4.57. The first-order chi connectivity index (χ1) is 11.3. The fourth-order valence-corrected chi connectivity index (χ4v) is 5.30. The van der Waals surface area contributed by atoms with Crippen molar-refractivity contribution in [2.45, 2.75) is 23.1 Å². The number of carbonyl (C=O) groups is 1. The van der Waals surface area contributed by atoms with E-state index in [0.29, 0.717) is 5.91 Å². The minimum Gasteiger partial charge on any atom is -0.339 e. The summed E-state index contributed by atoms with van der Waals surface area (Å²) in [6, 6.07) is 12.7. The molecule has 2 aliphatic heterocycles. The molecule has 2 aromatic rings. The van der Waals surface area contributed by atoms with Crippen molar-refractivity contribution in [3.63, 3.8) is 0 Å². The quantitative estimate of drug-likeness (QED) is 0.855. The second-order valence-electron chi connectivity index (χ2n) is 6.10. The second kappa shape index (κ2) is 6.67. The Kier molecular flexibility index (Phi) is 4.42. The van der Waals surface area contributed by atoms with Crippen molar-refractivity contribution in [1.29, 1.82) is 0 Å². The molecular weight excluding hydrogens is 324 g/mol. The van der Waals surface area contributed by atoms with Crippen LogP contribution in [0.3, 0.4) is 0 Å². The van der Waals surface area contributed by atoms with Crippen molar-refractivity contribution >= 4 is 29.0 Å². The number of fused-ring (bicyclic) bond motifs is 1. The summed E-state index contributed by atoms with van der Waals surface area (Å²) in [7, 11) is 0. The third-order valence-corrected chi connectivity index (χ3v) is 6.73. The molecule has 1 fully saturated rings. The lowest BCUT2D eigenvalue weighted by Gasteiger charge is -2.35. The zero-order valence-electron chi connectivity index (χ0n) is 13.0. The van der Waals surface area contributed by atoms with Gasteiger partial charge in [0.2, 0.25) is 5.91 Å². The number of hydrogen-bond donors (Lipinski definition) is 0. The largest absolute Gasteiger partial charge is 0.339 e. The molecule has 1 aromatic carbocycles. The van der Waals surface area contributed by atoms with Crippen molar-refractivity contribution in [3.8, 4) is 0 Å². The van der Waals surface area contributed by atoms with Gasteiger partial charge in [0.1, 0.15) is 0 Å². The van der Waals surface area contributed by atoms with E-state index in [2.05, 4.69) is 51.6 Å². The molecular formula is C18H20N2OS2. The molecule has 0 unspecified atom stereocenters. The molecule has 1 atom stereocenters. The molecule has 0 saturated carbocycles. The first kappa shape index (κ1) is 15.2. The number of hydrogen-bond acceptors (Lipinski definition) is 4. The Hall–Kier alpha value is -1.30. The van der Waals surface area contributed by atoms with Gasteiger partial charge in [0, 0.05) is 42.5 Å². The van der Waals surface area contributed by atoms with Crippen LogP contribution in [0.4, 0.5) is 0 Å². The molecule has 3 nitrogen and oxygen atoms in total. The highest BCUT2D eigenvalue weighted by Gasteiger charge is 2.32. The van der Waals surface area contributed by atoms with Gasteiger partial charge < -0.3 is 4.90 Å². The Morgan fingerprint density at radius 2 is 1.91 bits per heavy atom. The fraction of sp³-hybridized carbons (Fsp3) is 0.389. The highest BCUT2D eigenvalue weighted by molar-refractivity contribution is 8.01. The summed E-state index contributed by atoms with van der Waals surface area (Å²) in [5.41, 5.74) is 1.33. The van der Waals surface area contributed by atoms with E-state index in [1.54, 1.807) is 11.8 Å². The van der Waals surface area contributed by atoms with Crippen molar-refractivity contribution in [1.82, 2.24) is 9.80 Å². The van der Waals surface area contributed by atoms with Gasteiger partial charge in [-0.3, -0.25) is 9.69 Å². The summed E-state index contributed by atoms with van der Waals surface area (Å²) < 4.78 is 0. The molecule has 4 rings (SSSR count). The first-order valence-corrected chi connectivity index (χ1v) is 9.83. The van der Waals surface area contributed by atoms with Gasteiger partial charge in [0.15, 0.2) is 0 Å². The average Bonchev–Trinajstić information content (AvgIpc) is 3.24. The predicted octanol–water partition coefficient (Wildman–Crippen LogP) is 3.11. The zero-order chi connectivity index (χ0) is 15.6. The smallest absolute Gasteiger partial charge is 0.236 e. The molecule has 0 spiro atoms. The van der Waals surface area contributed by atoms with Gasteiger partial charge in [-0.15, -0.1) is 23.1 Å². The predicted molar refractivity (Wildman–Crippen MR) is 96.0 cm³/mol. The summed E-state index contributed by atoms with van der Waals surface area (Å²) in [5.74, 6) is 0.321. The number of benzene rings is 1. The highest BCUT2D eigenvalue weighted by atomic mass is 32.2. The summed E-state index contributed by atoms with van der Waals surface area (Å²) in [6.07, 6.45) is 0.884. The van der Waals surface area contributed by atoms with Crippen molar-refractivity contribution < 1.29 is 4.79 Å². The maximum absolute atomic E-state index is 12.8. The molecule has 3 heterocycles. The van der Waals surface area contributed by atoms with Crippen molar-refractivity contribution in [2.75, 3.05) is 26.2 Å². The zero-order valence-corrected chi connectivity index (χ0v) is 14.6. The minimum absolute atomic E-state index is 0.0799. The summed E-state index contributed by atoms with van der Waals surface area (Å²) in [5, 5.41) is 2.21. The number of carbonyl (C=O) groups excluding carboxylic acids is 1. The van der Waals surface area contributed by atoms with E-state index in [0.717, 1.165) is 39.1 Å². The van der Waals surface area contributed by atoms with Gasteiger partial charge in [-0.25, -0.2) is 0 Å². The van der Waals surface area contributed by atoms with Crippen LogP contribution in [0, 0.1) is 0 Å². The number of thioether (sulfide) groups is 1. The Balaban J connectivity index is 1.31. The molecule has 120 valence electrons. The van der Waals surface area contributed by atoms with E-state index in [9.17, 15) is 4.79 Å². The number of amides is 1. The lowest BCUT2D eigenvalue weighted by molar-refractivity contribution is -0.132. The molecule has 0 aliphatic carbocycles. The fourth-order valence-electron chi connectivity index (χ4n) is 3.27. The Morgan fingerprint density at radius 3 is 2.65 bits per heavy atom. The van der Waals surface area contributed by atoms with Gasteiger partial charge in [-0.2, -0.15) is 0 Å². The monoisotopic (exact) mass is 344 g/mol. The van der Waals surface area contributed by atoms with Crippen LogP contribution in [0.2, 0.25) is 0 Å². The lowest BCUT2D eigenvalue weighted by atomic mass is 10.1. The van der Waals surface area contributed by atoms with Crippen LogP contribution in [0.25, 0.3) is 0 Å².